The summed E-state index contributed by atoms with van der Waals surface area (Å²) in [5, 5.41) is 0. The SMILES string of the molecule is CCOC(=O)c1c(OC)cc(F)c(F)c1C. The molecule has 1 aromatic carbocycles. The fourth-order valence-electron chi connectivity index (χ4n) is 1.34. The third-order valence-electron chi connectivity index (χ3n) is 2.12. The molecule has 0 spiro atoms. The summed E-state index contributed by atoms with van der Waals surface area (Å²) in [6, 6.07) is 0.828. The molecule has 0 heterocycles. The minimum Gasteiger partial charge on any atom is -0.496 e. The van der Waals surface area contributed by atoms with Crippen LogP contribution in [0.4, 0.5) is 8.78 Å². The van der Waals surface area contributed by atoms with Gasteiger partial charge in [0.25, 0.3) is 0 Å². The van der Waals surface area contributed by atoms with E-state index in [1.54, 1.807) is 6.92 Å². The van der Waals surface area contributed by atoms with Crippen molar-refractivity contribution in [1.82, 2.24) is 0 Å². The second-order valence-electron chi connectivity index (χ2n) is 3.10. The smallest absolute Gasteiger partial charge is 0.342 e. The predicted octanol–water partition coefficient (Wildman–Crippen LogP) is 2.46. The van der Waals surface area contributed by atoms with E-state index in [-0.39, 0.29) is 23.5 Å². The molecular weight excluding hydrogens is 218 g/mol. The molecule has 0 radical (unpaired) electrons. The van der Waals surface area contributed by atoms with Crippen molar-refractivity contribution in [2.75, 3.05) is 13.7 Å². The Labute approximate surface area is 92.0 Å². The van der Waals surface area contributed by atoms with E-state index in [1.807, 2.05) is 0 Å². The highest BCUT2D eigenvalue weighted by molar-refractivity contribution is 5.94. The topological polar surface area (TPSA) is 35.5 Å². The van der Waals surface area contributed by atoms with E-state index in [0.29, 0.717) is 0 Å². The average Bonchev–Trinajstić information content (AvgIpc) is 2.25. The summed E-state index contributed by atoms with van der Waals surface area (Å²) in [5.41, 5.74) is -0.196. The zero-order chi connectivity index (χ0) is 12.3. The Hall–Kier alpha value is -1.65. The standard InChI is InChI=1S/C11H12F2O3/c1-4-16-11(14)9-6(2)10(13)7(12)5-8(9)15-3/h5H,4H2,1-3H3. The Morgan fingerprint density at radius 1 is 1.44 bits per heavy atom. The first-order chi connectivity index (χ1) is 7.52. The summed E-state index contributed by atoms with van der Waals surface area (Å²) in [7, 11) is 1.27. The van der Waals surface area contributed by atoms with Crippen molar-refractivity contribution in [3.05, 3.63) is 28.8 Å². The highest BCUT2D eigenvalue weighted by Gasteiger charge is 2.22. The lowest BCUT2D eigenvalue weighted by Gasteiger charge is -2.11. The molecule has 0 aliphatic carbocycles. The number of esters is 1. The van der Waals surface area contributed by atoms with Crippen LogP contribution in [0.2, 0.25) is 0 Å². The van der Waals surface area contributed by atoms with E-state index in [1.165, 1.54) is 14.0 Å². The Kier molecular flexibility index (Phi) is 3.82. The van der Waals surface area contributed by atoms with E-state index in [2.05, 4.69) is 0 Å². The molecule has 0 saturated heterocycles. The van der Waals surface area contributed by atoms with Gasteiger partial charge in [0.2, 0.25) is 0 Å². The normalized spacial score (nSPS) is 10.1. The van der Waals surface area contributed by atoms with E-state index >= 15 is 0 Å². The number of carbonyl (C=O) groups excluding carboxylic acids is 1. The van der Waals surface area contributed by atoms with Gasteiger partial charge in [-0.2, -0.15) is 0 Å². The van der Waals surface area contributed by atoms with Gasteiger partial charge in [-0.05, 0) is 13.8 Å². The van der Waals surface area contributed by atoms with Gasteiger partial charge in [-0.3, -0.25) is 0 Å². The number of benzene rings is 1. The maximum atomic E-state index is 13.3. The van der Waals surface area contributed by atoms with Gasteiger partial charge in [-0.25, -0.2) is 13.6 Å². The lowest BCUT2D eigenvalue weighted by Crippen LogP contribution is -2.11. The molecule has 3 nitrogen and oxygen atoms in total. The minimum atomic E-state index is -1.07. The molecule has 88 valence electrons. The van der Waals surface area contributed by atoms with Gasteiger partial charge in [0.05, 0.1) is 13.7 Å². The first-order valence-corrected chi connectivity index (χ1v) is 4.72. The maximum absolute atomic E-state index is 13.3. The molecule has 1 aromatic rings. The average molecular weight is 230 g/mol. The van der Waals surface area contributed by atoms with Crippen molar-refractivity contribution in [2.24, 2.45) is 0 Å². The Morgan fingerprint density at radius 3 is 2.56 bits per heavy atom. The summed E-state index contributed by atoms with van der Waals surface area (Å²) in [5.74, 6) is -2.88. The van der Waals surface area contributed by atoms with Crippen molar-refractivity contribution in [3.8, 4) is 5.75 Å². The molecule has 0 aliphatic rings. The van der Waals surface area contributed by atoms with E-state index < -0.39 is 17.6 Å². The molecule has 0 aliphatic heterocycles. The van der Waals surface area contributed by atoms with Gasteiger partial charge in [-0.1, -0.05) is 0 Å². The number of hydrogen-bond acceptors (Lipinski definition) is 3. The van der Waals surface area contributed by atoms with Gasteiger partial charge < -0.3 is 9.47 Å². The molecule has 0 N–H and O–H groups in total. The fraction of sp³-hybridized carbons (Fsp3) is 0.364. The van der Waals surface area contributed by atoms with E-state index in [9.17, 15) is 13.6 Å². The molecule has 0 fully saturated rings. The van der Waals surface area contributed by atoms with Crippen LogP contribution in [0.5, 0.6) is 5.75 Å². The Bertz CT molecular complexity index is 416. The summed E-state index contributed by atoms with van der Waals surface area (Å²) in [6.07, 6.45) is 0. The Balaban J connectivity index is 3.35. The van der Waals surface area contributed by atoms with Gasteiger partial charge in [0.1, 0.15) is 11.3 Å². The Morgan fingerprint density at radius 2 is 2.06 bits per heavy atom. The number of halogens is 2. The second kappa shape index (κ2) is 4.92. The third kappa shape index (κ3) is 2.13. The summed E-state index contributed by atoms with van der Waals surface area (Å²) in [4.78, 5) is 11.5. The van der Waals surface area contributed by atoms with E-state index in [0.717, 1.165) is 6.07 Å². The lowest BCUT2D eigenvalue weighted by atomic mass is 10.1. The second-order valence-corrected chi connectivity index (χ2v) is 3.10. The highest BCUT2D eigenvalue weighted by Crippen LogP contribution is 2.27. The zero-order valence-electron chi connectivity index (χ0n) is 9.27. The first kappa shape index (κ1) is 12.4. The summed E-state index contributed by atoms with van der Waals surface area (Å²) >= 11 is 0. The van der Waals surface area contributed by atoms with Crippen LogP contribution in [0.3, 0.4) is 0 Å². The molecule has 0 aromatic heterocycles. The van der Waals surface area contributed by atoms with Crippen molar-refractivity contribution >= 4 is 5.97 Å². The molecular formula is C11H12F2O3. The fourth-order valence-corrected chi connectivity index (χ4v) is 1.34. The number of carbonyl (C=O) groups is 1. The van der Waals surface area contributed by atoms with Gasteiger partial charge in [-0.15, -0.1) is 0 Å². The molecule has 5 heteroatoms. The first-order valence-electron chi connectivity index (χ1n) is 4.72. The maximum Gasteiger partial charge on any atom is 0.342 e. The van der Waals surface area contributed by atoms with Crippen LogP contribution in [0.25, 0.3) is 0 Å². The van der Waals surface area contributed by atoms with Crippen LogP contribution in [-0.2, 0) is 4.74 Å². The molecule has 16 heavy (non-hydrogen) atoms. The van der Waals surface area contributed by atoms with Crippen LogP contribution in [-0.4, -0.2) is 19.7 Å². The van der Waals surface area contributed by atoms with Crippen LogP contribution in [0.15, 0.2) is 6.07 Å². The monoisotopic (exact) mass is 230 g/mol. The third-order valence-corrected chi connectivity index (χ3v) is 2.12. The highest BCUT2D eigenvalue weighted by atomic mass is 19.2. The number of ether oxygens (including phenoxy) is 2. The van der Waals surface area contributed by atoms with Crippen molar-refractivity contribution < 1.29 is 23.0 Å². The zero-order valence-corrected chi connectivity index (χ0v) is 9.27. The molecule has 0 atom stereocenters. The van der Waals surface area contributed by atoms with Crippen molar-refractivity contribution in [1.29, 1.82) is 0 Å². The van der Waals surface area contributed by atoms with E-state index in [4.69, 9.17) is 9.47 Å². The largest absolute Gasteiger partial charge is 0.496 e. The molecule has 0 unspecified atom stereocenters. The lowest BCUT2D eigenvalue weighted by molar-refractivity contribution is 0.0521. The molecule has 0 saturated carbocycles. The summed E-state index contributed by atoms with van der Waals surface area (Å²) < 4.78 is 35.9. The minimum absolute atomic E-state index is 0.0325. The van der Waals surface area contributed by atoms with Crippen LogP contribution < -0.4 is 4.74 Å². The molecule has 1 rings (SSSR count). The summed E-state index contributed by atoms with van der Waals surface area (Å²) in [6.45, 7) is 3.08. The number of rotatable bonds is 3. The van der Waals surface area contributed by atoms with Crippen molar-refractivity contribution in [3.63, 3.8) is 0 Å². The van der Waals surface area contributed by atoms with Crippen LogP contribution in [0.1, 0.15) is 22.8 Å². The molecule has 0 amide bonds. The van der Waals surface area contributed by atoms with Crippen LogP contribution in [0, 0.1) is 18.6 Å². The quantitative estimate of drug-likeness (QED) is 0.748. The van der Waals surface area contributed by atoms with Gasteiger partial charge >= 0.3 is 5.97 Å². The predicted molar refractivity (Wildman–Crippen MR) is 53.6 cm³/mol. The van der Waals surface area contributed by atoms with Crippen LogP contribution >= 0.6 is 0 Å². The number of methoxy groups -OCH3 is 1. The number of hydrogen-bond donors (Lipinski definition) is 0. The molecule has 0 bridgehead atoms. The van der Waals surface area contributed by atoms with Gasteiger partial charge in [0.15, 0.2) is 11.6 Å². The van der Waals surface area contributed by atoms with Crippen molar-refractivity contribution in [2.45, 2.75) is 13.8 Å². The van der Waals surface area contributed by atoms with Gasteiger partial charge in [0, 0.05) is 11.6 Å².